The molecule has 0 aliphatic rings. The summed E-state index contributed by atoms with van der Waals surface area (Å²) in [6.45, 7) is 7.80. The first-order valence-electron chi connectivity index (χ1n) is 6.78. The molecule has 0 aliphatic heterocycles. The van der Waals surface area contributed by atoms with Crippen molar-refractivity contribution in [3.8, 4) is 0 Å². The lowest BCUT2D eigenvalue weighted by Gasteiger charge is -2.22. The average Bonchev–Trinajstić information content (AvgIpc) is 2.63. The minimum Gasteiger partial charge on any atom is -0.351 e. The molecular formula is C15H20ClN3OS. The van der Waals surface area contributed by atoms with Gasteiger partial charge in [-0.05, 0) is 45.9 Å². The highest BCUT2D eigenvalue weighted by Crippen LogP contribution is 2.28. The molecule has 1 N–H and O–H groups in total. The third-order valence-corrected chi connectivity index (χ3v) is 4.33. The van der Waals surface area contributed by atoms with Crippen molar-refractivity contribution in [2.75, 3.05) is 0 Å². The number of aromatic nitrogens is 2. The van der Waals surface area contributed by atoms with Crippen molar-refractivity contribution in [3.05, 3.63) is 23.2 Å². The largest absolute Gasteiger partial charge is 0.351 e. The number of hydrogen-bond donors (Lipinski definition) is 1. The van der Waals surface area contributed by atoms with Crippen LogP contribution in [0, 0.1) is 0 Å². The molecule has 2 rings (SSSR count). The molecule has 0 radical (unpaired) electrons. The Bertz CT molecular complexity index is 675. The van der Waals surface area contributed by atoms with E-state index in [4.69, 9.17) is 11.6 Å². The molecule has 1 unspecified atom stereocenters. The lowest BCUT2D eigenvalue weighted by Crippen LogP contribution is -2.44. The normalized spacial score (nSPS) is 13.4. The Morgan fingerprint density at radius 3 is 2.71 bits per heavy atom. The molecule has 1 amide bonds. The number of rotatable bonds is 3. The number of aryl methyl sites for hydroxylation is 1. The molecular weight excluding hydrogens is 306 g/mol. The molecule has 21 heavy (non-hydrogen) atoms. The van der Waals surface area contributed by atoms with Crippen LogP contribution >= 0.6 is 23.4 Å². The van der Waals surface area contributed by atoms with Crippen LogP contribution in [0.15, 0.2) is 23.4 Å². The molecule has 1 atom stereocenters. The number of nitrogens with zero attached hydrogens (tertiary/aromatic N) is 2. The molecule has 6 heteroatoms. The molecule has 1 aromatic carbocycles. The Morgan fingerprint density at radius 1 is 1.43 bits per heavy atom. The molecule has 1 aromatic heterocycles. The number of carbonyl (C=O) groups excluding carboxylic acids is 1. The van der Waals surface area contributed by atoms with Crippen LogP contribution in [0.5, 0.6) is 0 Å². The smallest absolute Gasteiger partial charge is 0.233 e. The molecule has 0 spiro atoms. The number of benzene rings is 1. The van der Waals surface area contributed by atoms with E-state index in [0.29, 0.717) is 5.02 Å². The molecule has 0 aliphatic carbocycles. The summed E-state index contributed by atoms with van der Waals surface area (Å²) in [4.78, 5) is 16.7. The molecule has 114 valence electrons. The monoisotopic (exact) mass is 325 g/mol. The third kappa shape index (κ3) is 3.92. The average molecular weight is 326 g/mol. The number of nitrogens with one attached hydrogen (secondary N) is 1. The van der Waals surface area contributed by atoms with Gasteiger partial charge < -0.3 is 9.88 Å². The summed E-state index contributed by atoms with van der Waals surface area (Å²) in [5, 5.41) is 4.24. The molecule has 2 aromatic rings. The minimum absolute atomic E-state index is 0.0117. The summed E-state index contributed by atoms with van der Waals surface area (Å²) in [6.07, 6.45) is 0. The van der Waals surface area contributed by atoms with E-state index in [9.17, 15) is 4.79 Å². The summed E-state index contributed by atoms with van der Waals surface area (Å²) in [7, 11) is 1.94. The Hall–Kier alpha value is -1.20. The van der Waals surface area contributed by atoms with Crippen molar-refractivity contribution >= 4 is 40.3 Å². The van der Waals surface area contributed by atoms with E-state index in [1.165, 1.54) is 11.8 Å². The number of amides is 1. The number of thioether (sulfide) groups is 1. The second-order valence-corrected chi connectivity index (χ2v) is 7.83. The summed E-state index contributed by atoms with van der Waals surface area (Å²) in [5.41, 5.74) is 1.62. The van der Waals surface area contributed by atoms with Gasteiger partial charge in [-0.2, -0.15) is 0 Å². The van der Waals surface area contributed by atoms with Gasteiger partial charge in [-0.15, -0.1) is 0 Å². The maximum atomic E-state index is 12.2. The fraction of sp³-hybridized carbons (Fsp3) is 0.467. The predicted octanol–water partition coefficient (Wildman–Crippen LogP) is 3.62. The summed E-state index contributed by atoms with van der Waals surface area (Å²) in [5.74, 6) is 0.0117. The first kappa shape index (κ1) is 16.2. The zero-order valence-electron chi connectivity index (χ0n) is 12.9. The number of imidazole rings is 1. The van der Waals surface area contributed by atoms with Gasteiger partial charge in [-0.1, -0.05) is 23.4 Å². The van der Waals surface area contributed by atoms with Gasteiger partial charge in [0, 0.05) is 17.6 Å². The SMILES string of the molecule is CC(Sc1nc2cc(Cl)ccc2n1C)C(=O)NC(C)(C)C. The Labute approximate surface area is 134 Å². The molecule has 0 bridgehead atoms. The quantitative estimate of drug-likeness (QED) is 0.877. The maximum absolute atomic E-state index is 12.2. The van der Waals surface area contributed by atoms with Crippen molar-refractivity contribution in [2.24, 2.45) is 7.05 Å². The highest BCUT2D eigenvalue weighted by atomic mass is 35.5. The van der Waals surface area contributed by atoms with Crippen LogP contribution in [0.4, 0.5) is 0 Å². The highest BCUT2D eigenvalue weighted by Gasteiger charge is 2.22. The molecule has 1 heterocycles. The first-order chi connectivity index (χ1) is 9.67. The van der Waals surface area contributed by atoms with Crippen LogP contribution < -0.4 is 5.32 Å². The summed E-state index contributed by atoms with van der Waals surface area (Å²) >= 11 is 7.44. The van der Waals surface area contributed by atoms with Crippen molar-refractivity contribution in [1.82, 2.24) is 14.9 Å². The topological polar surface area (TPSA) is 46.9 Å². The van der Waals surface area contributed by atoms with Gasteiger partial charge in [0.15, 0.2) is 5.16 Å². The van der Waals surface area contributed by atoms with Crippen LogP contribution in [0.25, 0.3) is 11.0 Å². The minimum atomic E-state index is -0.230. The molecule has 0 fully saturated rings. The lowest BCUT2D eigenvalue weighted by atomic mass is 10.1. The van der Waals surface area contributed by atoms with Crippen LogP contribution in [0.3, 0.4) is 0 Å². The number of hydrogen-bond acceptors (Lipinski definition) is 3. The second-order valence-electron chi connectivity index (χ2n) is 6.09. The van der Waals surface area contributed by atoms with E-state index < -0.39 is 0 Å². The third-order valence-electron chi connectivity index (χ3n) is 2.95. The van der Waals surface area contributed by atoms with Crippen molar-refractivity contribution in [1.29, 1.82) is 0 Å². The zero-order chi connectivity index (χ0) is 15.8. The zero-order valence-corrected chi connectivity index (χ0v) is 14.5. The molecule has 4 nitrogen and oxygen atoms in total. The van der Waals surface area contributed by atoms with Crippen LogP contribution in [-0.2, 0) is 11.8 Å². The Kier molecular flexibility index (Phi) is 4.54. The number of carbonyl (C=O) groups is 1. The summed E-state index contributed by atoms with van der Waals surface area (Å²) < 4.78 is 1.98. The van der Waals surface area contributed by atoms with E-state index in [1.807, 2.05) is 57.5 Å². The van der Waals surface area contributed by atoms with Gasteiger partial charge in [0.05, 0.1) is 16.3 Å². The van der Waals surface area contributed by atoms with Crippen LogP contribution in [0.1, 0.15) is 27.7 Å². The van der Waals surface area contributed by atoms with E-state index in [1.54, 1.807) is 0 Å². The van der Waals surface area contributed by atoms with Crippen molar-refractivity contribution in [3.63, 3.8) is 0 Å². The molecule has 0 saturated heterocycles. The van der Waals surface area contributed by atoms with Crippen molar-refractivity contribution in [2.45, 2.75) is 43.6 Å². The molecule has 0 saturated carbocycles. The standard InChI is InChI=1S/C15H20ClN3OS/c1-9(13(20)18-15(2,3)4)21-14-17-11-8-10(16)6-7-12(11)19(14)5/h6-9H,1-5H3,(H,18,20). The van der Waals surface area contributed by atoms with Gasteiger partial charge >= 0.3 is 0 Å². The van der Waals surface area contributed by atoms with E-state index in [0.717, 1.165) is 16.2 Å². The van der Waals surface area contributed by atoms with Gasteiger partial charge in [-0.25, -0.2) is 4.98 Å². The van der Waals surface area contributed by atoms with Gasteiger partial charge in [-0.3, -0.25) is 4.79 Å². The second kappa shape index (κ2) is 5.89. The van der Waals surface area contributed by atoms with E-state index in [-0.39, 0.29) is 16.7 Å². The van der Waals surface area contributed by atoms with Gasteiger partial charge in [0.2, 0.25) is 5.91 Å². The Morgan fingerprint density at radius 2 is 2.10 bits per heavy atom. The van der Waals surface area contributed by atoms with Crippen LogP contribution in [-0.4, -0.2) is 26.2 Å². The Balaban J connectivity index is 2.19. The van der Waals surface area contributed by atoms with Gasteiger partial charge in [0.25, 0.3) is 0 Å². The fourth-order valence-electron chi connectivity index (χ4n) is 1.94. The predicted molar refractivity (Wildman–Crippen MR) is 88.9 cm³/mol. The maximum Gasteiger partial charge on any atom is 0.233 e. The summed E-state index contributed by atoms with van der Waals surface area (Å²) in [6, 6.07) is 5.62. The number of fused-ring (bicyclic) bond motifs is 1. The fourth-order valence-corrected chi connectivity index (χ4v) is 3.00. The van der Waals surface area contributed by atoms with Crippen molar-refractivity contribution < 1.29 is 4.79 Å². The lowest BCUT2D eigenvalue weighted by molar-refractivity contribution is -0.121. The van der Waals surface area contributed by atoms with Crippen LogP contribution in [0.2, 0.25) is 5.02 Å². The number of halogens is 1. The highest BCUT2D eigenvalue weighted by molar-refractivity contribution is 8.00. The van der Waals surface area contributed by atoms with Gasteiger partial charge in [0.1, 0.15) is 0 Å². The van der Waals surface area contributed by atoms with E-state index in [2.05, 4.69) is 10.3 Å². The van der Waals surface area contributed by atoms with E-state index >= 15 is 0 Å². The first-order valence-corrected chi connectivity index (χ1v) is 8.04.